The van der Waals surface area contributed by atoms with Gasteiger partial charge in [0.25, 0.3) is 0 Å². The number of aromatic amines is 1. The number of pyridine rings is 1. The zero-order chi connectivity index (χ0) is 15.9. The average Bonchev–Trinajstić information content (AvgIpc) is 2.84. The first-order valence-electron chi connectivity index (χ1n) is 7.37. The van der Waals surface area contributed by atoms with Crippen LogP contribution in [0.5, 0.6) is 0 Å². The lowest BCUT2D eigenvalue weighted by Gasteiger charge is -2.10. The van der Waals surface area contributed by atoms with Crippen molar-refractivity contribution in [2.24, 2.45) is 0 Å². The maximum Gasteiger partial charge on any atom is 0.126 e. The third kappa shape index (κ3) is 2.43. The molecule has 0 aliphatic heterocycles. The van der Waals surface area contributed by atoms with Gasteiger partial charge in [-0.1, -0.05) is 6.07 Å². The highest BCUT2D eigenvalue weighted by molar-refractivity contribution is 5.70. The Kier molecular flexibility index (Phi) is 3.57. The van der Waals surface area contributed by atoms with Crippen LogP contribution in [-0.2, 0) is 0 Å². The highest BCUT2D eigenvalue weighted by Gasteiger charge is 2.11. The molecule has 0 bridgehead atoms. The molecule has 0 radical (unpaired) electrons. The summed E-state index contributed by atoms with van der Waals surface area (Å²) in [5, 5.41) is 0. The Bertz CT molecular complexity index is 847. The smallest absolute Gasteiger partial charge is 0.126 e. The number of aryl methyl sites for hydroxylation is 2. The third-order valence-corrected chi connectivity index (χ3v) is 4.17. The van der Waals surface area contributed by atoms with Gasteiger partial charge in [-0.15, -0.1) is 0 Å². The Morgan fingerprint density at radius 2 is 1.55 bits per heavy atom. The molecule has 0 aliphatic carbocycles. The molecule has 1 N–H and O–H groups in total. The van der Waals surface area contributed by atoms with E-state index in [1.54, 1.807) is 13.0 Å². The molecule has 2 heterocycles. The molecule has 0 saturated carbocycles. The molecule has 3 heteroatoms. The fraction of sp³-hybridized carbons (Fsp3) is 0.211. The van der Waals surface area contributed by atoms with Gasteiger partial charge in [0.05, 0.1) is 11.4 Å². The Hall–Kier alpha value is -2.42. The van der Waals surface area contributed by atoms with E-state index in [1.807, 2.05) is 39.0 Å². The molecule has 0 fully saturated rings. The first-order valence-corrected chi connectivity index (χ1v) is 7.37. The van der Waals surface area contributed by atoms with Crippen molar-refractivity contribution in [1.82, 2.24) is 9.97 Å². The van der Waals surface area contributed by atoms with Gasteiger partial charge in [-0.2, -0.15) is 0 Å². The number of benzene rings is 1. The van der Waals surface area contributed by atoms with Crippen LogP contribution < -0.4 is 0 Å². The Balaban J connectivity index is 2.13. The van der Waals surface area contributed by atoms with Crippen LogP contribution in [0, 0.1) is 33.5 Å². The van der Waals surface area contributed by atoms with Crippen LogP contribution in [0.15, 0.2) is 36.4 Å². The standard InChI is InChI=1S/C19H19FN2/c1-11-10-16(14(4)21-11)19-7-5-6-18(22-19)15-8-9-17(20)13(3)12(15)2/h5-10,21H,1-4H3. The first-order chi connectivity index (χ1) is 10.5. The van der Waals surface area contributed by atoms with E-state index >= 15 is 0 Å². The van der Waals surface area contributed by atoms with E-state index in [1.165, 1.54) is 6.07 Å². The fourth-order valence-electron chi connectivity index (χ4n) is 2.79. The van der Waals surface area contributed by atoms with E-state index in [2.05, 4.69) is 11.1 Å². The van der Waals surface area contributed by atoms with Crippen molar-refractivity contribution < 1.29 is 4.39 Å². The van der Waals surface area contributed by atoms with E-state index in [4.69, 9.17) is 4.98 Å². The summed E-state index contributed by atoms with van der Waals surface area (Å²) in [6, 6.07) is 11.4. The molecule has 3 rings (SSSR count). The number of aromatic nitrogens is 2. The van der Waals surface area contributed by atoms with E-state index in [9.17, 15) is 4.39 Å². The monoisotopic (exact) mass is 294 g/mol. The summed E-state index contributed by atoms with van der Waals surface area (Å²) in [5.74, 6) is -0.172. The summed E-state index contributed by atoms with van der Waals surface area (Å²) >= 11 is 0. The molecule has 0 spiro atoms. The van der Waals surface area contributed by atoms with Gasteiger partial charge < -0.3 is 4.98 Å². The molecule has 2 nitrogen and oxygen atoms in total. The number of nitrogens with one attached hydrogen (secondary N) is 1. The average molecular weight is 294 g/mol. The second kappa shape index (κ2) is 5.41. The molecule has 0 unspecified atom stereocenters. The maximum absolute atomic E-state index is 13.7. The minimum absolute atomic E-state index is 0.172. The molecular formula is C19H19FN2. The maximum atomic E-state index is 13.7. The van der Waals surface area contributed by atoms with Crippen molar-refractivity contribution in [2.45, 2.75) is 27.7 Å². The van der Waals surface area contributed by atoms with E-state index in [0.29, 0.717) is 5.56 Å². The molecule has 1 aromatic carbocycles. The summed E-state index contributed by atoms with van der Waals surface area (Å²) in [4.78, 5) is 8.08. The van der Waals surface area contributed by atoms with Crippen molar-refractivity contribution in [3.63, 3.8) is 0 Å². The number of H-pyrrole nitrogens is 1. The van der Waals surface area contributed by atoms with Gasteiger partial charge in [-0.3, -0.25) is 0 Å². The van der Waals surface area contributed by atoms with Crippen molar-refractivity contribution in [3.8, 4) is 22.5 Å². The molecule has 2 aromatic heterocycles. The van der Waals surface area contributed by atoms with Crippen LogP contribution in [-0.4, -0.2) is 9.97 Å². The predicted octanol–water partition coefficient (Wildman–Crippen LogP) is 5.12. The van der Waals surface area contributed by atoms with Crippen LogP contribution in [0.4, 0.5) is 4.39 Å². The van der Waals surface area contributed by atoms with Gasteiger partial charge in [-0.25, -0.2) is 9.37 Å². The summed E-state index contributed by atoms with van der Waals surface area (Å²) in [7, 11) is 0. The minimum Gasteiger partial charge on any atom is -0.362 e. The first kappa shape index (κ1) is 14.5. The molecule has 0 saturated heterocycles. The Morgan fingerprint density at radius 1 is 0.864 bits per heavy atom. The number of nitrogens with zero attached hydrogens (tertiary/aromatic N) is 1. The highest BCUT2D eigenvalue weighted by Crippen LogP contribution is 2.29. The van der Waals surface area contributed by atoms with Crippen LogP contribution in [0.1, 0.15) is 22.5 Å². The van der Waals surface area contributed by atoms with Crippen molar-refractivity contribution in [2.75, 3.05) is 0 Å². The Morgan fingerprint density at radius 3 is 2.18 bits per heavy atom. The molecule has 0 aliphatic rings. The second-order valence-electron chi connectivity index (χ2n) is 5.74. The lowest BCUT2D eigenvalue weighted by atomic mass is 9.99. The summed E-state index contributed by atoms with van der Waals surface area (Å²) in [6.45, 7) is 7.82. The third-order valence-electron chi connectivity index (χ3n) is 4.17. The predicted molar refractivity (Wildman–Crippen MR) is 88.4 cm³/mol. The molecule has 22 heavy (non-hydrogen) atoms. The molecule has 0 amide bonds. The molecular weight excluding hydrogens is 275 g/mol. The lowest BCUT2D eigenvalue weighted by molar-refractivity contribution is 0.617. The van der Waals surface area contributed by atoms with Crippen molar-refractivity contribution in [3.05, 3.63) is 64.7 Å². The summed E-state index contributed by atoms with van der Waals surface area (Å²) in [6.07, 6.45) is 0. The molecule has 112 valence electrons. The topological polar surface area (TPSA) is 28.7 Å². The highest BCUT2D eigenvalue weighted by atomic mass is 19.1. The van der Waals surface area contributed by atoms with Gasteiger partial charge in [0.15, 0.2) is 0 Å². The van der Waals surface area contributed by atoms with Crippen LogP contribution in [0.25, 0.3) is 22.5 Å². The zero-order valence-corrected chi connectivity index (χ0v) is 13.3. The van der Waals surface area contributed by atoms with Gasteiger partial charge in [-0.05, 0) is 69.2 Å². The fourth-order valence-corrected chi connectivity index (χ4v) is 2.79. The van der Waals surface area contributed by atoms with Crippen molar-refractivity contribution >= 4 is 0 Å². The van der Waals surface area contributed by atoms with E-state index < -0.39 is 0 Å². The van der Waals surface area contributed by atoms with E-state index in [-0.39, 0.29) is 5.82 Å². The zero-order valence-electron chi connectivity index (χ0n) is 13.3. The number of hydrogen-bond acceptors (Lipinski definition) is 1. The largest absolute Gasteiger partial charge is 0.362 e. The van der Waals surface area contributed by atoms with Gasteiger partial charge in [0.2, 0.25) is 0 Å². The quantitative estimate of drug-likeness (QED) is 0.698. The minimum atomic E-state index is -0.172. The van der Waals surface area contributed by atoms with Crippen LogP contribution in [0.2, 0.25) is 0 Å². The van der Waals surface area contributed by atoms with Crippen molar-refractivity contribution in [1.29, 1.82) is 0 Å². The Labute approximate surface area is 130 Å². The number of halogens is 1. The number of hydrogen-bond donors (Lipinski definition) is 1. The molecule has 0 atom stereocenters. The van der Waals surface area contributed by atoms with Gasteiger partial charge in [0.1, 0.15) is 5.82 Å². The normalized spacial score (nSPS) is 11.0. The van der Waals surface area contributed by atoms with E-state index in [0.717, 1.165) is 39.5 Å². The van der Waals surface area contributed by atoms with Gasteiger partial charge in [0, 0.05) is 22.5 Å². The SMILES string of the molecule is Cc1cc(-c2cccc(-c3ccc(F)c(C)c3C)n2)c(C)[nH]1. The summed E-state index contributed by atoms with van der Waals surface area (Å²) < 4.78 is 13.7. The summed E-state index contributed by atoms with van der Waals surface area (Å²) in [5.41, 5.74) is 7.73. The molecule has 3 aromatic rings. The van der Waals surface area contributed by atoms with Gasteiger partial charge >= 0.3 is 0 Å². The van der Waals surface area contributed by atoms with Crippen LogP contribution in [0.3, 0.4) is 0 Å². The second-order valence-corrected chi connectivity index (χ2v) is 5.74. The lowest BCUT2D eigenvalue weighted by Crippen LogP contribution is -1.94. The number of rotatable bonds is 2. The van der Waals surface area contributed by atoms with Crippen LogP contribution >= 0.6 is 0 Å².